The van der Waals surface area contributed by atoms with Crippen LogP contribution in [0.3, 0.4) is 0 Å². The molecular formula is C30H25N3O4S2. The van der Waals surface area contributed by atoms with Gasteiger partial charge >= 0.3 is 10.1 Å². The molecule has 2 aliphatic heterocycles. The standard InChI is InChI=1S/C30H25N3O4S2/c34-29-28(21-23-10-5-7-16-27(23)37-39(35,36)24-12-2-1-3-13-24)38-30(31-29)33-19-17-32(18-20-33)26-15-8-11-22-9-4-6-14-25(22)26/h1-16,21H,17-20H2/b28-21+. The fourth-order valence-electron chi connectivity index (χ4n) is 4.73. The van der Waals surface area contributed by atoms with Crippen LogP contribution < -0.4 is 9.08 Å². The summed E-state index contributed by atoms with van der Waals surface area (Å²) in [6, 6.07) is 29.5. The minimum atomic E-state index is -4.02. The predicted octanol–water partition coefficient (Wildman–Crippen LogP) is 5.40. The maximum Gasteiger partial charge on any atom is 0.339 e. The number of fused-ring (bicyclic) bond motifs is 1. The van der Waals surface area contributed by atoms with Crippen molar-refractivity contribution < 1.29 is 17.4 Å². The van der Waals surface area contributed by atoms with E-state index in [0.29, 0.717) is 15.6 Å². The van der Waals surface area contributed by atoms with Crippen molar-refractivity contribution in [1.82, 2.24) is 4.90 Å². The number of piperazine rings is 1. The Hall–Kier alpha value is -4.08. The third-order valence-corrected chi connectivity index (χ3v) is 9.00. The first-order valence-corrected chi connectivity index (χ1v) is 14.8. The highest BCUT2D eigenvalue weighted by molar-refractivity contribution is 8.18. The monoisotopic (exact) mass is 555 g/mol. The molecule has 0 atom stereocenters. The van der Waals surface area contributed by atoms with Crippen LogP contribution in [0, 0.1) is 0 Å². The van der Waals surface area contributed by atoms with Crippen LogP contribution in [0.1, 0.15) is 5.56 Å². The first-order valence-electron chi connectivity index (χ1n) is 12.6. The summed E-state index contributed by atoms with van der Waals surface area (Å²) >= 11 is 1.31. The Morgan fingerprint density at radius 2 is 1.44 bits per heavy atom. The SMILES string of the molecule is O=C1N=C(N2CCN(c3cccc4ccccc34)CC2)S/C1=C/c1ccccc1OS(=O)(=O)c1ccccc1. The van der Waals surface area contributed by atoms with E-state index in [4.69, 9.17) is 4.18 Å². The average molecular weight is 556 g/mol. The summed E-state index contributed by atoms with van der Waals surface area (Å²) in [6.45, 7) is 3.11. The number of thioether (sulfide) groups is 1. The van der Waals surface area contributed by atoms with Crippen molar-refractivity contribution in [2.75, 3.05) is 31.1 Å². The number of carbonyl (C=O) groups excluding carboxylic acids is 1. The molecule has 9 heteroatoms. The quantitative estimate of drug-likeness (QED) is 0.241. The molecule has 0 saturated carbocycles. The van der Waals surface area contributed by atoms with Gasteiger partial charge in [0.05, 0.1) is 4.91 Å². The first-order chi connectivity index (χ1) is 19.0. The Balaban J connectivity index is 1.15. The molecule has 2 heterocycles. The molecule has 2 aliphatic rings. The van der Waals surface area contributed by atoms with Crippen LogP contribution in [0.5, 0.6) is 5.75 Å². The molecule has 196 valence electrons. The molecule has 1 saturated heterocycles. The van der Waals surface area contributed by atoms with Gasteiger partial charge in [-0.1, -0.05) is 72.8 Å². The fraction of sp³-hybridized carbons (Fsp3) is 0.133. The van der Waals surface area contributed by atoms with Crippen LogP contribution in [-0.2, 0) is 14.9 Å². The van der Waals surface area contributed by atoms with Crippen molar-refractivity contribution in [2.24, 2.45) is 4.99 Å². The van der Waals surface area contributed by atoms with Gasteiger partial charge in [-0.05, 0) is 47.5 Å². The highest BCUT2D eigenvalue weighted by Gasteiger charge is 2.29. The summed E-state index contributed by atoms with van der Waals surface area (Å²) in [5, 5.41) is 3.12. The van der Waals surface area contributed by atoms with Crippen LogP contribution in [0.25, 0.3) is 16.8 Å². The van der Waals surface area contributed by atoms with Gasteiger partial charge in [0.25, 0.3) is 5.91 Å². The van der Waals surface area contributed by atoms with Crippen LogP contribution in [-0.4, -0.2) is 50.6 Å². The predicted molar refractivity (Wildman–Crippen MR) is 156 cm³/mol. The molecule has 0 bridgehead atoms. The molecule has 1 amide bonds. The number of carbonyl (C=O) groups is 1. The number of anilines is 1. The van der Waals surface area contributed by atoms with Crippen LogP contribution in [0.15, 0.2) is 112 Å². The topological polar surface area (TPSA) is 79.3 Å². The molecule has 4 aromatic rings. The smallest absolute Gasteiger partial charge is 0.339 e. The van der Waals surface area contributed by atoms with Gasteiger partial charge in [-0.3, -0.25) is 4.79 Å². The molecule has 0 N–H and O–H groups in total. The van der Waals surface area contributed by atoms with Gasteiger partial charge in [-0.2, -0.15) is 13.4 Å². The lowest BCUT2D eigenvalue weighted by Gasteiger charge is -2.37. The second kappa shape index (κ2) is 10.6. The van der Waals surface area contributed by atoms with Gasteiger partial charge in [0.1, 0.15) is 10.6 Å². The number of rotatable bonds is 5. The van der Waals surface area contributed by atoms with E-state index in [0.717, 1.165) is 26.2 Å². The Morgan fingerprint density at radius 1 is 0.769 bits per heavy atom. The van der Waals surface area contributed by atoms with Gasteiger partial charge in [0.15, 0.2) is 5.17 Å². The molecular weight excluding hydrogens is 530 g/mol. The van der Waals surface area contributed by atoms with E-state index in [1.165, 1.54) is 40.4 Å². The number of nitrogens with zero attached hydrogens (tertiary/aromatic N) is 3. The maximum atomic E-state index is 12.8. The lowest BCUT2D eigenvalue weighted by Crippen LogP contribution is -2.47. The van der Waals surface area contributed by atoms with Gasteiger partial charge in [-0.25, -0.2) is 0 Å². The highest BCUT2D eigenvalue weighted by Crippen LogP contribution is 2.34. The molecule has 1 fully saturated rings. The zero-order chi connectivity index (χ0) is 26.8. The number of aliphatic imine (C=N–C) groups is 1. The lowest BCUT2D eigenvalue weighted by atomic mass is 10.1. The lowest BCUT2D eigenvalue weighted by molar-refractivity contribution is -0.113. The summed E-state index contributed by atoms with van der Waals surface area (Å²) in [7, 11) is -4.02. The van der Waals surface area contributed by atoms with Crippen molar-refractivity contribution in [2.45, 2.75) is 4.90 Å². The summed E-state index contributed by atoms with van der Waals surface area (Å²) in [6.07, 6.45) is 1.64. The molecule has 6 rings (SSSR count). The Labute approximate surface area is 231 Å². The summed E-state index contributed by atoms with van der Waals surface area (Å²) in [4.78, 5) is 22.1. The molecule has 0 aliphatic carbocycles. The van der Waals surface area contributed by atoms with E-state index in [1.807, 2.05) is 6.07 Å². The molecule has 0 unspecified atom stereocenters. The Bertz CT molecular complexity index is 1710. The largest absolute Gasteiger partial charge is 0.378 e. The molecule has 0 spiro atoms. The van der Waals surface area contributed by atoms with Crippen molar-refractivity contribution in [3.05, 3.63) is 108 Å². The van der Waals surface area contributed by atoms with Crippen molar-refractivity contribution >= 4 is 55.5 Å². The third-order valence-electron chi connectivity index (χ3n) is 6.70. The normalized spacial score (nSPS) is 17.1. The number of para-hydroxylation sites is 1. The van der Waals surface area contributed by atoms with Crippen molar-refractivity contribution in [3.8, 4) is 5.75 Å². The van der Waals surface area contributed by atoms with E-state index < -0.39 is 10.1 Å². The van der Waals surface area contributed by atoms with Gasteiger partial charge < -0.3 is 14.0 Å². The Kier molecular flexibility index (Phi) is 6.85. The molecule has 4 aromatic carbocycles. The number of hydrogen-bond acceptors (Lipinski definition) is 7. The van der Waals surface area contributed by atoms with E-state index >= 15 is 0 Å². The van der Waals surface area contributed by atoms with Crippen LogP contribution in [0.4, 0.5) is 5.69 Å². The first kappa shape index (κ1) is 25.2. The molecule has 39 heavy (non-hydrogen) atoms. The number of benzene rings is 4. The number of hydrogen-bond donors (Lipinski definition) is 0. The minimum Gasteiger partial charge on any atom is -0.378 e. The Morgan fingerprint density at radius 3 is 2.26 bits per heavy atom. The second-order valence-corrected chi connectivity index (χ2v) is 11.7. The summed E-state index contributed by atoms with van der Waals surface area (Å²) in [5.41, 5.74) is 1.71. The zero-order valence-corrected chi connectivity index (χ0v) is 22.6. The van der Waals surface area contributed by atoms with Crippen molar-refractivity contribution in [3.63, 3.8) is 0 Å². The molecule has 0 radical (unpaired) electrons. The zero-order valence-electron chi connectivity index (χ0n) is 20.9. The van der Waals surface area contributed by atoms with Gasteiger partial charge in [0, 0.05) is 42.8 Å². The summed E-state index contributed by atoms with van der Waals surface area (Å²) in [5.74, 6) is -0.188. The average Bonchev–Trinajstić information content (AvgIpc) is 3.34. The van der Waals surface area contributed by atoms with Crippen molar-refractivity contribution in [1.29, 1.82) is 0 Å². The van der Waals surface area contributed by atoms with E-state index in [2.05, 4.69) is 51.2 Å². The minimum absolute atomic E-state index is 0.0621. The molecule has 0 aromatic heterocycles. The maximum absolute atomic E-state index is 12.8. The third kappa shape index (κ3) is 5.28. The van der Waals surface area contributed by atoms with E-state index in [1.54, 1.807) is 48.5 Å². The van der Waals surface area contributed by atoms with Gasteiger partial charge in [0.2, 0.25) is 0 Å². The molecule has 7 nitrogen and oxygen atoms in total. The van der Waals surface area contributed by atoms with Gasteiger partial charge in [-0.15, -0.1) is 0 Å². The number of amides is 1. The summed E-state index contributed by atoms with van der Waals surface area (Å²) < 4.78 is 31.0. The van der Waals surface area contributed by atoms with Crippen LogP contribution in [0.2, 0.25) is 0 Å². The van der Waals surface area contributed by atoms with Crippen LogP contribution >= 0.6 is 11.8 Å². The second-order valence-electron chi connectivity index (χ2n) is 9.17. The number of amidine groups is 1. The fourth-order valence-corrected chi connectivity index (χ4v) is 6.66. The highest BCUT2D eigenvalue weighted by atomic mass is 32.2. The van der Waals surface area contributed by atoms with E-state index in [9.17, 15) is 13.2 Å². The van der Waals surface area contributed by atoms with E-state index in [-0.39, 0.29) is 16.6 Å².